The molecular weight excluding hydrogens is 476 g/mol. The van der Waals surface area contributed by atoms with Crippen LogP contribution in [0.2, 0.25) is 0 Å². The van der Waals surface area contributed by atoms with Crippen LogP contribution in [-0.2, 0) is 29.5 Å². The Morgan fingerprint density at radius 2 is 1.92 bits per heavy atom. The summed E-state index contributed by atoms with van der Waals surface area (Å²) in [5.41, 5.74) is -0.555. The van der Waals surface area contributed by atoms with Crippen LogP contribution in [0.15, 0.2) is 30.3 Å². The second kappa shape index (κ2) is 10.2. The number of carbonyl (C=O) groups excluding carboxylic acids is 5. The van der Waals surface area contributed by atoms with E-state index in [0.717, 1.165) is 19.3 Å². The van der Waals surface area contributed by atoms with E-state index in [4.69, 9.17) is 0 Å². The largest absolute Gasteiger partial charge is 0.389 e. The number of amides is 4. The van der Waals surface area contributed by atoms with Crippen molar-refractivity contribution in [2.24, 2.45) is 17.8 Å². The van der Waals surface area contributed by atoms with Crippen molar-refractivity contribution in [2.75, 3.05) is 19.7 Å². The van der Waals surface area contributed by atoms with Crippen molar-refractivity contribution in [3.05, 3.63) is 35.9 Å². The summed E-state index contributed by atoms with van der Waals surface area (Å²) in [4.78, 5) is 66.6. The lowest BCUT2D eigenvalue weighted by Gasteiger charge is -2.36. The predicted octanol–water partition coefficient (Wildman–Crippen LogP) is -0.00860. The first kappa shape index (κ1) is 25.4. The van der Waals surface area contributed by atoms with Gasteiger partial charge in [0.25, 0.3) is 5.91 Å². The first-order valence-electron chi connectivity index (χ1n) is 13.2. The molecule has 1 aromatic rings. The van der Waals surface area contributed by atoms with Gasteiger partial charge in [-0.15, -0.1) is 0 Å². The van der Waals surface area contributed by atoms with Gasteiger partial charge in [-0.05, 0) is 49.5 Å². The average molecular weight is 511 g/mol. The topological polar surface area (TPSA) is 145 Å². The van der Waals surface area contributed by atoms with Crippen molar-refractivity contribution in [3.63, 3.8) is 0 Å². The van der Waals surface area contributed by atoms with E-state index in [1.54, 1.807) is 4.90 Å². The monoisotopic (exact) mass is 510 g/mol. The van der Waals surface area contributed by atoms with Crippen LogP contribution in [0.5, 0.6) is 0 Å². The van der Waals surface area contributed by atoms with E-state index in [-0.39, 0.29) is 42.4 Å². The summed E-state index contributed by atoms with van der Waals surface area (Å²) < 4.78 is 0. The zero-order valence-corrected chi connectivity index (χ0v) is 20.8. The quantitative estimate of drug-likeness (QED) is 0.387. The highest BCUT2D eigenvalue weighted by Gasteiger charge is 2.56. The third-order valence-corrected chi connectivity index (χ3v) is 8.68. The molecule has 4 N–H and O–H groups in total. The lowest BCUT2D eigenvalue weighted by molar-refractivity contribution is -0.146. The van der Waals surface area contributed by atoms with Gasteiger partial charge in [-0.2, -0.15) is 0 Å². The summed E-state index contributed by atoms with van der Waals surface area (Å²) in [6.07, 6.45) is 3.84. The van der Waals surface area contributed by atoms with Gasteiger partial charge in [0, 0.05) is 25.4 Å². The van der Waals surface area contributed by atoms with Gasteiger partial charge in [0.05, 0.1) is 6.04 Å². The standard InChI is InChI=1S/C27H34N4O6/c32-15-21(33)20(13-16-10-12-28-24(16)35)29-25(36)23-19-8-4-5-17(19)14-31(23)26(37)27(11-9-22(34)30-27)18-6-2-1-3-7-18/h1-3,6-7,16-17,19-20,23,32H,4-5,8-15H2,(H,28,35)(H,29,36)(H,30,34)/t16-,17-,19-,20-,23-,27+/m1/s1. The van der Waals surface area contributed by atoms with Crippen LogP contribution in [0.25, 0.3) is 0 Å². The molecule has 5 rings (SSSR count). The molecule has 3 aliphatic heterocycles. The first-order valence-corrected chi connectivity index (χ1v) is 13.2. The van der Waals surface area contributed by atoms with Gasteiger partial charge >= 0.3 is 0 Å². The number of nitrogens with one attached hydrogen (secondary N) is 3. The van der Waals surface area contributed by atoms with E-state index in [1.807, 2.05) is 30.3 Å². The molecule has 6 atom stereocenters. The minimum Gasteiger partial charge on any atom is -0.389 e. The summed E-state index contributed by atoms with van der Waals surface area (Å²) >= 11 is 0. The number of likely N-dealkylation sites (tertiary alicyclic amines) is 1. The summed E-state index contributed by atoms with van der Waals surface area (Å²) in [5, 5.41) is 18.0. The minimum atomic E-state index is -1.24. The fraction of sp³-hybridized carbons (Fsp3) is 0.593. The smallest absolute Gasteiger partial charge is 0.253 e. The Balaban J connectivity index is 1.42. The fourth-order valence-corrected chi connectivity index (χ4v) is 6.78. The Hall–Kier alpha value is -3.27. The molecule has 4 amide bonds. The van der Waals surface area contributed by atoms with Crippen molar-refractivity contribution in [1.29, 1.82) is 0 Å². The molecule has 1 aromatic carbocycles. The van der Waals surface area contributed by atoms with Crippen molar-refractivity contribution < 1.29 is 29.1 Å². The zero-order valence-electron chi connectivity index (χ0n) is 20.8. The Labute approximate surface area is 215 Å². The Morgan fingerprint density at radius 1 is 1.14 bits per heavy atom. The molecule has 0 spiro atoms. The Bertz CT molecular complexity index is 1090. The number of hydrogen-bond acceptors (Lipinski definition) is 6. The van der Waals surface area contributed by atoms with E-state index in [1.165, 1.54) is 0 Å². The lowest BCUT2D eigenvalue weighted by Crippen LogP contribution is -2.59. The molecule has 3 saturated heterocycles. The van der Waals surface area contributed by atoms with Gasteiger partial charge in [0.15, 0.2) is 5.78 Å². The Kier molecular flexibility index (Phi) is 7.02. The SMILES string of the molecule is O=C1CC[C@@](C(=O)N2C[C@H]3CCC[C@H]3[C@@H]2C(=O)N[C@H](C[C@H]2CCNC2=O)C(=O)CO)(c2ccccc2)N1. The van der Waals surface area contributed by atoms with Crippen molar-refractivity contribution in [1.82, 2.24) is 20.9 Å². The molecule has 0 bridgehead atoms. The molecule has 10 heteroatoms. The molecule has 4 aliphatic rings. The lowest BCUT2D eigenvalue weighted by atomic mass is 9.86. The highest BCUT2D eigenvalue weighted by Crippen LogP contribution is 2.45. The summed E-state index contributed by atoms with van der Waals surface area (Å²) in [5.74, 6) is -1.99. The van der Waals surface area contributed by atoms with Crippen LogP contribution in [-0.4, -0.2) is 71.2 Å². The number of carbonyl (C=O) groups is 5. The molecule has 198 valence electrons. The second-order valence-corrected chi connectivity index (χ2v) is 10.8. The highest BCUT2D eigenvalue weighted by molar-refractivity contribution is 5.99. The van der Waals surface area contributed by atoms with Crippen molar-refractivity contribution in [2.45, 2.75) is 62.6 Å². The summed E-state index contributed by atoms with van der Waals surface area (Å²) in [7, 11) is 0. The van der Waals surface area contributed by atoms with Gasteiger partial charge in [0.2, 0.25) is 17.7 Å². The van der Waals surface area contributed by atoms with E-state index >= 15 is 0 Å². The van der Waals surface area contributed by atoms with Gasteiger partial charge in [-0.3, -0.25) is 24.0 Å². The van der Waals surface area contributed by atoms with Crippen LogP contribution in [0.3, 0.4) is 0 Å². The van der Waals surface area contributed by atoms with Gasteiger partial charge in [-0.1, -0.05) is 36.8 Å². The van der Waals surface area contributed by atoms with Crippen LogP contribution >= 0.6 is 0 Å². The zero-order chi connectivity index (χ0) is 26.2. The number of ketones is 1. The molecule has 4 fully saturated rings. The second-order valence-electron chi connectivity index (χ2n) is 10.8. The van der Waals surface area contributed by atoms with E-state index in [2.05, 4.69) is 16.0 Å². The Morgan fingerprint density at radius 3 is 2.57 bits per heavy atom. The van der Waals surface area contributed by atoms with E-state index in [9.17, 15) is 29.1 Å². The maximum atomic E-state index is 14.2. The van der Waals surface area contributed by atoms with Crippen LogP contribution in [0.4, 0.5) is 0 Å². The van der Waals surface area contributed by atoms with Gasteiger partial charge < -0.3 is 26.0 Å². The molecule has 0 unspecified atom stereocenters. The van der Waals surface area contributed by atoms with Crippen LogP contribution < -0.4 is 16.0 Å². The van der Waals surface area contributed by atoms with Crippen LogP contribution in [0, 0.1) is 17.8 Å². The van der Waals surface area contributed by atoms with E-state index in [0.29, 0.717) is 31.5 Å². The fourth-order valence-electron chi connectivity index (χ4n) is 6.78. The number of hydrogen-bond donors (Lipinski definition) is 4. The average Bonchev–Trinajstić information content (AvgIpc) is 3.68. The summed E-state index contributed by atoms with van der Waals surface area (Å²) in [6.45, 7) is 0.177. The molecule has 10 nitrogen and oxygen atoms in total. The van der Waals surface area contributed by atoms with Gasteiger partial charge in [0.1, 0.15) is 18.2 Å². The third-order valence-electron chi connectivity index (χ3n) is 8.68. The molecule has 3 heterocycles. The first-order chi connectivity index (χ1) is 17.8. The van der Waals surface area contributed by atoms with Crippen LogP contribution in [0.1, 0.15) is 50.5 Å². The van der Waals surface area contributed by atoms with Crippen molar-refractivity contribution >= 4 is 29.4 Å². The predicted molar refractivity (Wildman–Crippen MR) is 132 cm³/mol. The number of nitrogens with zero attached hydrogens (tertiary/aromatic N) is 1. The number of Topliss-reactive ketones (excluding diaryl/α,β-unsaturated/α-hetero) is 1. The van der Waals surface area contributed by atoms with Crippen molar-refractivity contribution in [3.8, 4) is 0 Å². The third kappa shape index (κ3) is 4.63. The molecule has 0 radical (unpaired) electrons. The molecule has 0 aromatic heterocycles. The molecule has 1 saturated carbocycles. The normalized spacial score (nSPS) is 31.5. The number of benzene rings is 1. The van der Waals surface area contributed by atoms with Gasteiger partial charge in [-0.25, -0.2) is 0 Å². The number of aliphatic hydroxyl groups excluding tert-OH is 1. The number of fused-ring (bicyclic) bond motifs is 1. The highest BCUT2D eigenvalue weighted by atomic mass is 16.3. The molecule has 37 heavy (non-hydrogen) atoms. The maximum Gasteiger partial charge on any atom is 0.253 e. The molecule has 1 aliphatic carbocycles. The number of rotatable bonds is 8. The number of aliphatic hydroxyl groups is 1. The minimum absolute atomic E-state index is 0.0477. The molecular formula is C27H34N4O6. The van der Waals surface area contributed by atoms with E-state index < -0.39 is 41.8 Å². The maximum absolute atomic E-state index is 14.2. The summed E-state index contributed by atoms with van der Waals surface area (Å²) in [6, 6.07) is 7.32.